The number of aromatic nitrogens is 1. The van der Waals surface area contributed by atoms with Gasteiger partial charge in [0.25, 0.3) is 0 Å². The second-order valence-corrected chi connectivity index (χ2v) is 6.66. The Kier molecular flexibility index (Phi) is 4.09. The molecule has 0 unspecified atom stereocenters. The van der Waals surface area contributed by atoms with Crippen molar-refractivity contribution in [1.29, 1.82) is 0 Å². The van der Waals surface area contributed by atoms with E-state index in [0.29, 0.717) is 36.9 Å². The smallest absolute Gasteiger partial charge is 0.216 e. The van der Waals surface area contributed by atoms with Crippen LogP contribution in [-0.4, -0.2) is 38.3 Å². The normalized spacial score (nSPS) is 20.3. The standard InChI is InChI=1S/C11H16ClN3O2S/c1-2-14-18(16,17)9-5-7-15(8-9)11-10(12)4-3-6-13-11/h3-4,6,9,14H,2,5,7-8H2,1H3/t9-/m0/s1. The summed E-state index contributed by atoms with van der Waals surface area (Å²) in [4.78, 5) is 6.12. The van der Waals surface area contributed by atoms with Crippen LogP contribution >= 0.6 is 11.6 Å². The molecule has 1 aromatic heterocycles. The van der Waals surface area contributed by atoms with E-state index in [0.717, 1.165) is 0 Å². The van der Waals surface area contributed by atoms with Gasteiger partial charge in [-0.2, -0.15) is 0 Å². The van der Waals surface area contributed by atoms with Crippen LogP contribution in [0.1, 0.15) is 13.3 Å². The lowest BCUT2D eigenvalue weighted by atomic mass is 10.4. The lowest BCUT2D eigenvalue weighted by molar-refractivity contribution is 0.571. The Labute approximate surface area is 112 Å². The predicted octanol–water partition coefficient (Wildman–Crippen LogP) is 1.25. The first-order chi connectivity index (χ1) is 8.54. The Morgan fingerprint density at radius 1 is 1.61 bits per heavy atom. The Morgan fingerprint density at radius 3 is 3.06 bits per heavy atom. The largest absolute Gasteiger partial charge is 0.354 e. The fraction of sp³-hybridized carbons (Fsp3) is 0.545. The van der Waals surface area contributed by atoms with Gasteiger partial charge in [0.05, 0.1) is 10.3 Å². The van der Waals surface area contributed by atoms with Gasteiger partial charge in [0.15, 0.2) is 0 Å². The highest BCUT2D eigenvalue weighted by molar-refractivity contribution is 7.90. The first-order valence-corrected chi connectivity index (χ1v) is 7.81. The summed E-state index contributed by atoms with van der Waals surface area (Å²) in [5, 5.41) is 0.162. The average molecular weight is 290 g/mol. The Balaban J connectivity index is 2.12. The lowest BCUT2D eigenvalue weighted by Gasteiger charge is -2.18. The molecule has 5 nitrogen and oxygen atoms in total. The average Bonchev–Trinajstić information content (AvgIpc) is 2.79. The van der Waals surface area contributed by atoms with E-state index in [4.69, 9.17) is 11.6 Å². The van der Waals surface area contributed by atoms with Gasteiger partial charge in [-0.05, 0) is 18.6 Å². The molecule has 1 saturated heterocycles. The molecule has 7 heteroatoms. The van der Waals surface area contributed by atoms with E-state index >= 15 is 0 Å². The molecule has 0 spiro atoms. The lowest BCUT2D eigenvalue weighted by Crippen LogP contribution is -2.36. The zero-order valence-electron chi connectivity index (χ0n) is 10.1. The number of nitrogens with zero attached hydrogens (tertiary/aromatic N) is 2. The molecule has 1 fully saturated rings. The van der Waals surface area contributed by atoms with E-state index in [-0.39, 0.29) is 0 Å². The summed E-state index contributed by atoms with van der Waals surface area (Å²) in [5.74, 6) is 0.661. The predicted molar refractivity (Wildman–Crippen MR) is 72.5 cm³/mol. The Morgan fingerprint density at radius 2 is 2.39 bits per heavy atom. The highest BCUT2D eigenvalue weighted by atomic mass is 35.5. The third-order valence-corrected chi connectivity index (χ3v) is 5.22. The van der Waals surface area contributed by atoms with Crippen LogP contribution in [0.25, 0.3) is 0 Å². The van der Waals surface area contributed by atoms with Crippen molar-refractivity contribution in [1.82, 2.24) is 9.71 Å². The summed E-state index contributed by atoms with van der Waals surface area (Å²) >= 11 is 6.06. The fourth-order valence-electron chi connectivity index (χ4n) is 2.10. The summed E-state index contributed by atoms with van der Waals surface area (Å²) in [5.41, 5.74) is 0. The third kappa shape index (κ3) is 2.76. The molecule has 0 radical (unpaired) electrons. The van der Waals surface area contributed by atoms with Crippen LogP contribution < -0.4 is 9.62 Å². The van der Waals surface area contributed by atoms with Gasteiger partial charge < -0.3 is 4.90 Å². The van der Waals surface area contributed by atoms with Crippen molar-refractivity contribution < 1.29 is 8.42 Å². The van der Waals surface area contributed by atoms with Crippen LogP contribution in [-0.2, 0) is 10.0 Å². The Hall–Kier alpha value is -0.850. The molecule has 100 valence electrons. The van der Waals surface area contributed by atoms with Gasteiger partial charge in [0.2, 0.25) is 10.0 Å². The van der Waals surface area contributed by atoms with Gasteiger partial charge >= 0.3 is 0 Å². The second-order valence-electron chi connectivity index (χ2n) is 4.21. The van der Waals surface area contributed by atoms with Crippen molar-refractivity contribution in [3.05, 3.63) is 23.4 Å². The van der Waals surface area contributed by atoms with E-state index in [1.165, 1.54) is 0 Å². The maximum atomic E-state index is 11.9. The molecule has 0 aliphatic carbocycles. The van der Waals surface area contributed by atoms with Gasteiger partial charge in [0, 0.05) is 25.8 Å². The number of hydrogen-bond donors (Lipinski definition) is 1. The quantitative estimate of drug-likeness (QED) is 0.906. The van der Waals surface area contributed by atoms with Gasteiger partial charge in [-0.3, -0.25) is 0 Å². The molecular weight excluding hydrogens is 274 g/mol. The van der Waals surface area contributed by atoms with Crippen LogP contribution in [0, 0.1) is 0 Å². The monoisotopic (exact) mass is 289 g/mol. The third-order valence-electron chi connectivity index (χ3n) is 2.97. The SMILES string of the molecule is CCNS(=O)(=O)[C@H]1CCN(c2ncccc2Cl)C1. The van der Waals surface area contributed by atoms with E-state index in [9.17, 15) is 8.42 Å². The molecule has 1 aliphatic rings. The van der Waals surface area contributed by atoms with Crippen LogP contribution in [0.4, 0.5) is 5.82 Å². The summed E-state index contributed by atoms with van der Waals surface area (Å²) < 4.78 is 26.3. The number of sulfonamides is 1. The number of rotatable bonds is 4. The maximum Gasteiger partial charge on any atom is 0.216 e. The molecule has 0 amide bonds. The maximum absolute atomic E-state index is 11.9. The molecule has 2 heterocycles. The molecule has 18 heavy (non-hydrogen) atoms. The molecule has 2 rings (SSSR count). The molecule has 0 bridgehead atoms. The summed E-state index contributed by atoms with van der Waals surface area (Å²) in [6.45, 7) is 3.29. The van der Waals surface area contributed by atoms with Crippen LogP contribution in [0.15, 0.2) is 18.3 Å². The summed E-state index contributed by atoms with van der Waals surface area (Å²) in [7, 11) is -3.23. The van der Waals surface area contributed by atoms with Gasteiger partial charge in [-0.25, -0.2) is 18.1 Å². The summed E-state index contributed by atoms with van der Waals surface area (Å²) in [6, 6.07) is 3.52. The minimum Gasteiger partial charge on any atom is -0.354 e. The minimum atomic E-state index is -3.23. The van der Waals surface area contributed by atoms with Crippen molar-refractivity contribution in [3.8, 4) is 0 Å². The van der Waals surface area contributed by atoms with E-state index in [1.807, 2.05) is 4.90 Å². The molecule has 1 atom stereocenters. The van der Waals surface area contributed by atoms with Crippen LogP contribution in [0.2, 0.25) is 5.02 Å². The molecule has 1 aromatic rings. The topological polar surface area (TPSA) is 62.3 Å². The van der Waals surface area contributed by atoms with E-state index < -0.39 is 15.3 Å². The van der Waals surface area contributed by atoms with E-state index in [2.05, 4.69) is 9.71 Å². The van der Waals surface area contributed by atoms with Crippen molar-refractivity contribution in [3.63, 3.8) is 0 Å². The molecule has 1 N–H and O–H groups in total. The number of hydrogen-bond acceptors (Lipinski definition) is 4. The Bertz CT molecular complexity index is 521. The van der Waals surface area contributed by atoms with Gasteiger partial charge in [0.1, 0.15) is 5.82 Å². The molecule has 0 saturated carbocycles. The molecular formula is C11H16ClN3O2S. The number of pyridine rings is 1. The molecule has 0 aromatic carbocycles. The van der Waals surface area contributed by atoms with Crippen molar-refractivity contribution in [2.45, 2.75) is 18.6 Å². The van der Waals surface area contributed by atoms with Gasteiger partial charge in [-0.1, -0.05) is 18.5 Å². The zero-order chi connectivity index (χ0) is 13.2. The number of halogens is 1. The highest BCUT2D eigenvalue weighted by Gasteiger charge is 2.33. The first kappa shape index (κ1) is 13.6. The van der Waals surface area contributed by atoms with Gasteiger partial charge in [-0.15, -0.1) is 0 Å². The minimum absolute atomic E-state index is 0.393. The van der Waals surface area contributed by atoms with Crippen LogP contribution in [0.3, 0.4) is 0 Å². The zero-order valence-corrected chi connectivity index (χ0v) is 11.7. The van der Waals surface area contributed by atoms with Crippen LogP contribution in [0.5, 0.6) is 0 Å². The number of nitrogens with one attached hydrogen (secondary N) is 1. The van der Waals surface area contributed by atoms with Crippen molar-refractivity contribution in [2.24, 2.45) is 0 Å². The van der Waals surface area contributed by atoms with E-state index in [1.54, 1.807) is 25.3 Å². The first-order valence-electron chi connectivity index (χ1n) is 5.88. The molecule has 1 aliphatic heterocycles. The highest BCUT2D eigenvalue weighted by Crippen LogP contribution is 2.27. The number of anilines is 1. The van der Waals surface area contributed by atoms with Crippen molar-refractivity contribution >= 4 is 27.4 Å². The second kappa shape index (κ2) is 5.42. The van der Waals surface area contributed by atoms with Crippen molar-refractivity contribution in [2.75, 3.05) is 24.5 Å². The summed E-state index contributed by atoms with van der Waals surface area (Å²) in [6.07, 6.45) is 2.26. The fourth-order valence-corrected chi connectivity index (χ4v) is 3.77.